The first-order valence-corrected chi connectivity index (χ1v) is 9.42. The molecular formula is C19H26N6O. The van der Waals surface area contributed by atoms with Crippen molar-refractivity contribution >= 4 is 5.91 Å². The van der Waals surface area contributed by atoms with Crippen LogP contribution in [0.15, 0.2) is 36.7 Å². The van der Waals surface area contributed by atoms with Gasteiger partial charge in [0.05, 0.1) is 12.5 Å². The summed E-state index contributed by atoms with van der Waals surface area (Å²) in [6.45, 7) is 3.27. The quantitative estimate of drug-likeness (QED) is 0.692. The second-order valence-electron chi connectivity index (χ2n) is 7.36. The number of amides is 1. The van der Waals surface area contributed by atoms with Crippen molar-refractivity contribution in [2.45, 2.75) is 51.4 Å². The van der Waals surface area contributed by atoms with Crippen LogP contribution < -0.4 is 16.2 Å². The lowest BCUT2D eigenvalue weighted by Crippen LogP contribution is -2.42. The molecule has 2 aromatic rings. The summed E-state index contributed by atoms with van der Waals surface area (Å²) >= 11 is 0. The van der Waals surface area contributed by atoms with Gasteiger partial charge in [0.25, 0.3) is 0 Å². The lowest BCUT2D eigenvalue weighted by atomic mass is 9.91. The Kier molecular flexibility index (Phi) is 4.99. The van der Waals surface area contributed by atoms with E-state index < -0.39 is 0 Å². The highest BCUT2D eigenvalue weighted by atomic mass is 16.2. The molecule has 1 aromatic heterocycles. The molecule has 1 amide bonds. The molecule has 2 fully saturated rings. The van der Waals surface area contributed by atoms with Crippen molar-refractivity contribution in [3.63, 3.8) is 0 Å². The predicted octanol–water partition coefficient (Wildman–Crippen LogP) is 1.03. The van der Waals surface area contributed by atoms with E-state index in [-0.39, 0.29) is 23.9 Å². The van der Waals surface area contributed by atoms with Crippen LogP contribution in [0.5, 0.6) is 0 Å². The van der Waals surface area contributed by atoms with E-state index in [4.69, 9.17) is 0 Å². The van der Waals surface area contributed by atoms with Gasteiger partial charge in [0.2, 0.25) is 5.91 Å². The normalized spacial score (nSPS) is 25.3. The third kappa shape index (κ3) is 3.78. The van der Waals surface area contributed by atoms with Crippen LogP contribution in [-0.2, 0) is 24.3 Å². The first kappa shape index (κ1) is 17.2. The van der Waals surface area contributed by atoms with Crippen LogP contribution in [-0.4, -0.2) is 32.8 Å². The molecule has 1 saturated carbocycles. The summed E-state index contributed by atoms with van der Waals surface area (Å²) in [5, 5.41) is 11.3. The lowest BCUT2D eigenvalue weighted by Gasteiger charge is -2.20. The largest absolute Gasteiger partial charge is 0.348 e. The summed E-state index contributed by atoms with van der Waals surface area (Å²) in [5.74, 6) is 1.47. The highest BCUT2D eigenvalue weighted by Gasteiger charge is 2.46. The smallest absolute Gasteiger partial charge is 0.226 e. The molecule has 1 saturated heterocycles. The van der Waals surface area contributed by atoms with Gasteiger partial charge < -0.3 is 9.88 Å². The van der Waals surface area contributed by atoms with Crippen LogP contribution in [0, 0.1) is 11.8 Å². The molecule has 26 heavy (non-hydrogen) atoms. The molecule has 3 unspecified atom stereocenters. The molecular weight excluding hydrogens is 328 g/mol. The standard InChI is InChI=1S/C19H26N6O/c1-13-17(18(24-22-13)15-7-8-15)19(26)20-11-16-23-21-12-25(16)10-9-14-5-3-2-4-6-14/h2-6,12-13,15,17-18,22,24H,7-11H2,1H3,(H,20,26). The number of rotatable bonds is 7. The second-order valence-corrected chi connectivity index (χ2v) is 7.36. The highest BCUT2D eigenvalue weighted by molar-refractivity contribution is 5.80. The van der Waals surface area contributed by atoms with Crippen LogP contribution >= 0.6 is 0 Å². The molecule has 0 spiro atoms. The van der Waals surface area contributed by atoms with Crippen molar-refractivity contribution in [3.8, 4) is 0 Å². The maximum Gasteiger partial charge on any atom is 0.226 e. The van der Waals surface area contributed by atoms with E-state index in [2.05, 4.69) is 45.4 Å². The van der Waals surface area contributed by atoms with Gasteiger partial charge >= 0.3 is 0 Å². The molecule has 1 aliphatic heterocycles. The number of carbonyl (C=O) groups is 1. The Morgan fingerprint density at radius 2 is 2.08 bits per heavy atom. The molecule has 0 bridgehead atoms. The zero-order valence-corrected chi connectivity index (χ0v) is 15.1. The van der Waals surface area contributed by atoms with Gasteiger partial charge in [-0.1, -0.05) is 30.3 Å². The number of nitrogens with one attached hydrogen (secondary N) is 3. The number of hydrazine groups is 1. The van der Waals surface area contributed by atoms with E-state index in [9.17, 15) is 4.79 Å². The van der Waals surface area contributed by atoms with Crippen molar-refractivity contribution in [1.29, 1.82) is 0 Å². The van der Waals surface area contributed by atoms with Gasteiger partial charge in [-0.3, -0.25) is 15.6 Å². The first-order valence-electron chi connectivity index (χ1n) is 9.42. The minimum Gasteiger partial charge on any atom is -0.348 e. The van der Waals surface area contributed by atoms with E-state index >= 15 is 0 Å². The Hall–Kier alpha value is -2.25. The molecule has 1 aliphatic carbocycles. The Morgan fingerprint density at radius 1 is 1.27 bits per heavy atom. The average molecular weight is 354 g/mol. The van der Waals surface area contributed by atoms with Crippen LogP contribution in [0.4, 0.5) is 0 Å². The van der Waals surface area contributed by atoms with Crippen molar-refractivity contribution in [3.05, 3.63) is 48.0 Å². The van der Waals surface area contributed by atoms with Gasteiger partial charge in [-0.25, -0.2) is 0 Å². The highest BCUT2D eigenvalue weighted by Crippen LogP contribution is 2.38. The van der Waals surface area contributed by atoms with Gasteiger partial charge in [-0.15, -0.1) is 10.2 Å². The first-order chi connectivity index (χ1) is 12.7. The summed E-state index contributed by atoms with van der Waals surface area (Å²) in [6, 6.07) is 10.7. The zero-order chi connectivity index (χ0) is 17.9. The van der Waals surface area contributed by atoms with Crippen molar-refractivity contribution in [1.82, 2.24) is 30.9 Å². The summed E-state index contributed by atoms with van der Waals surface area (Å²) in [6.07, 6.45) is 5.07. The number of nitrogens with zero attached hydrogens (tertiary/aromatic N) is 3. The third-order valence-corrected chi connectivity index (χ3v) is 5.44. The molecule has 2 heterocycles. The molecule has 4 rings (SSSR count). The van der Waals surface area contributed by atoms with Gasteiger partial charge in [0, 0.05) is 18.6 Å². The fourth-order valence-corrected chi connectivity index (χ4v) is 3.76. The minimum atomic E-state index is -0.0387. The number of hydrogen-bond donors (Lipinski definition) is 3. The van der Waals surface area contributed by atoms with Crippen LogP contribution in [0.3, 0.4) is 0 Å². The summed E-state index contributed by atoms with van der Waals surface area (Å²) < 4.78 is 2.01. The molecule has 3 atom stereocenters. The van der Waals surface area contributed by atoms with Crippen LogP contribution in [0.2, 0.25) is 0 Å². The number of hydrogen-bond acceptors (Lipinski definition) is 5. The van der Waals surface area contributed by atoms with E-state index in [1.165, 1.54) is 18.4 Å². The number of aromatic nitrogens is 3. The number of benzene rings is 1. The maximum absolute atomic E-state index is 12.7. The van der Waals surface area contributed by atoms with E-state index in [0.29, 0.717) is 12.5 Å². The average Bonchev–Trinajstić information content (AvgIpc) is 3.28. The van der Waals surface area contributed by atoms with Crippen molar-refractivity contribution in [2.75, 3.05) is 0 Å². The molecule has 7 nitrogen and oxygen atoms in total. The lowest BCUT2D eigenvalue weighted by molar-refractivity contribution is -0.126. The molecule has 138 valence electrons. The van der Waals surface area contributed by atoms with Crippen molar-refractivity contribution in [2.24, 2.45) is 11.8 Å². The van der Waals surface area contributed by atoms with Gasteiger partial charge in [0.15, 0.2) is 5.82 Å². The monoisotopic (exact) mass is 354 g/mol. The summed E-state index contributed by atoms with van der Waals surface area (Å²) in [7, 11) is 0. The Balaban J connectivity index is 1.33. The fraction of sp³-hybridized carbons (Fsp3) is 0.526. The Bertz CT molecular complexity index is 741. The van der Waals surface area contributed by atoms with E-state index in [1.807, 2.05) is 22.8 Å². The van der Waals surface area contributed by atoms with Gasteiger partial charge in [-0.2, -0.15) is 0 Å². The van der Waals surface area contributed by atoms with Crippen LogP contribution in [0.1, 0.15) is 31.2 Å². The zero-order valence-electron chi connectivity index (χ0n) is 15.1. The van der Waals surface area contributed by atoms with E-state index in [1.54, 1.807) is 6.33 Å². The SMILES string of the molecule is CC1NNC(C2CC2)C1C(=O)NCc1nncn1CCc1ccccc1. The Morgan fingerprint density at radius 3 is 2.85 bits per heavy atom. The van der Waals surface area contributed by atoms with Gasteiger partial charge in [-0.05, 0) is 37.7 Å². The number of aryl methyl sites for hydroxylation is 2. The second kappa shape index (κ2) is 7.55. The van der Waals surface area contributed by atoms with Crippen molar-refractivity contribution < 1.29 is 4.79 Å². The summed E-state index contributed by atoms with van der Waals surface area (Å²) in [5.41, 5.74) is 7.80. The molecule has 7 heteroatoms. The molecule has 3 N–H and O–H groups in total. The van der Waals surface area contributed by atoms with Gasteiger partial charge in [0.1, 0.15) is 6.33 Å². The minimum absolute atomic E-state index is 0.0387. The third-order valence-electron chi connectivity index (χ3n) is 5.44. The van der Waals surface area contributed by atoms with E-state index in [0.717, 1.165) is 18.8 Å². The summed E-state index contributed by atoms with van der Waals surface area (Å²) in [4.78, 5) is 12.7. The maximum atomic E-state index is 12.7. The fourth-order valence-electron chi connectivity index (χ4n) is 3.76. The molecule has 0 radical (unpaired) electrons. The topological polar surface area (TPSA) is 83.9 Å². The predicted molar refractivity (Wildman–Crippen MR) is 97.8 cm³/mol. The Labute approximate surface area is 153 Å². The van der Waals surface area contributed by atoms with Crippen LogP contribution in [0.25, 0.3) is 0 Å². The molecule has 1 aromatic carbocycles. The number of carbonyl (C=O) groups excluding carboxylic acids is 1. The molecule has 2 aliphatic rings.